The molecule has 1 saturated heterocycles. The van der Waals surface area contributed by atoms with Crippen LogP contribution in [0.1, 0.15) is 0 Å². The van der Waals surface area contributed by atoms with Gasteiger partial charge in [0.05, 0.1) is 26.4 Å². The van der Waals surface area contributed by atoms with Gasteiger partial charge in [0.25, 0.3) is 0 Å². The highest BCUT2D eigenvalue weighted by atomic mass is 16.6. The van der Waals surface area contributed by atoms with Gasteiger partial charge >= 0.3 is 5.97 Å². The Morgan fingerprint density at radius 1 is 1.12 bits per heavy atom. The number of hydrogen-bond donors (Lipinski definition) is 2. The Bertz CT molecular complexity index is 300. The van der Waals surface area contributed by atoms with E-state index < -0.39 is 5.97 Å². The Kier molecular flexibility index (Phi) is 6.78. The number of carboxylic acids is 1. The summed E-state index contributed by atoms with van der Waals surface area (Å²) in [7, 11) is 0. The Labute approximate surface area is 100 Å². The van der Waals surface area contributed by atoms with Crippen molar-refractivity contribution in [1.82, 2.24) is 0 Å². The van der Waals surface area contributed by atoms with Gasteiger partial charge in [-0.05, 0) is 12.1 Å². The number of anilines is 1. The molecule has 0 aromatic heterocycles. The molecule has 0 spiro atoms. The molecule has 2 rings (SSSR count). The Morgan fingerprint density at radius 2 is 1.65 bits per heavy atom. The topological polar surface area (TPSA) is 67.8 Å². The molecule has 1 aliphatic rings. The monoisotopic (exact) mass is 239 g/mol. The third kappa shape index (κ3) is 7.32. The van der Waals surface area contributed by atoms with Crippen LogP contribution >= 0.6 is 0 Å². The lowest BCUT2D eigenvalue weighted by molar-refractivity contribution is -0.134. The first-order valence-corrected chi connectivity index (χ1v) is 5.45. The molecule has 0 amide bonds. The van der Waals surface area contributed by atoms with Crippen LogP contribution in [0.15, 0.2) is 30.3 Å². The molecular weight excluding hydrogens is 222 g/mol. The number of aliphatic carboxylic acids is 1. The van der Waals surface area contributed by atoms with Crippen LogP contribution in [0.3, 0.4) is 0 Å². The Balaban J connectivity index is 0.000000202. The van der Waals surface area contributed by atoms with Crippen LogP contribution in [-0.4, -0.2) is 44.0 Å². The highest BCUT2D eigenvalue weighted by Crippen LogP contribution is 2.03. The summed E-state index contributed by atoms with van der Waals surface area (Å²) in [4.78, 5) is 10.1. The van der Waals surface area contributed by atoms with Crippen molar-refractivity contribution in [2.24, 2.45) is 0 Å². The second-order valence-corrected chi connectivity index (χ2v) is 3.34. The first kappa shape index (κ1) is 13.5. The zero-order chi connectivity index (χ0) is 12.3. The summed E-state index contributed by atoms with van der Waals surface area (Å²) < 4.78 is 9.89. The van der Waals surface area contributed by atoms with E-state index in [9.17, 15) is 4.79 Å². The lowest BCUT2D eigenvalue weighted by Crippen LogP contribution is -2.16. The predicted molar refractivity (Wildman–Crippen MR) is 64.2 cm³/mol. The van der Waals surface area contributed by atoms with Crippen LogP contribution in [0.5, 0.6) is 0 Å². The molecule has 5 nitrogen and oxygen atoms in total. The molecule has 0 atom stereocenters. The van der Waals surface area contributed by atoms with E-state index in [1.165, 1.54) is 0 Å². The average molecular weight is 239 g/mol. The number of rotatable bonds is 3. The zero-order valence-electron chi connectivity index (χ0n) is 9.59. The number of hydrogen-bond acceptors (Lipinski definition) is 4. The van der Waals surface area contributed by atoms with Crippen LogP contribution in [0, 0.1) is 0 Å². The fraction of sp³-hybridized carbons (Fsp3) is 0.417. The highest BCUT2D eigenvalue weighted by Gasteiger charge is 1.94. The van der Waals surface area contributed by atoms with Gasteiger partial charge in [-0.2, -0.15) is 0 Å². The van der Waals surface area contributed by atoms with E-state index in [1.54, 1.807) is 0 Å². The fourth-order valence-corrected chi connectivity index (χ4v) is 1.17. The average Bonchev–Trinajstić information content (AvgIpc) is 2.40. The standard InChI is InChI=1S/C8H9NO2.C4H8O2/c10-8(11)6-9-7-4-2-1-3-5-7;1-2-6-4-3-5-1/h1-5,9H,6H2,(H,10,11);1-4H2. The van der Waals surface area contributed by atoms with Crippen LogP contribution in [0.4, 0.5) is 5.69 Å². The van der Waals surface area contributed by atoms with Gasteiger partial charge in [0, 0.05) is 5.69 Å². The molecule has 1 aliphatic heterocycles. The minimum absolute atomic E-state index is 0.0377. The maximum Gasteiger partial charge on any atom is 0.322 e. The van der Waals surface area contributed by atoms with Crippen molar-refractivity contribution in [3.8, 4) is 0 Å². The van der Waals surface area contributed by atoms with Crippen LogP contribution < -0.4 is 5.32 Å². The molecule has 1 aromatic carbocycles. The molecule has 94 valence electrons. The van der Waals surface area contributed by atoms with Gasteiger partial charge in [-0.25, -0.2) is 0 Å². The third-order valence-corrected chi connectivity index (χ3v) is 1.96. The quantitative estimate of drug-likeness (QED) is 0.830. The van der Waals surface area contributed by atoms with Gasteiger partial charge in [0.1, 0.15) is 6.54 Å². The van der Waals surface area contributed by atoms with Gasteiger partial charge in [-0.3, -0.25) is 4.79 Å². The molecule has 1 fully saturated rings. The van der Waals surface area contributed by atoms with Crippen LogP contribution in [-0.2, 0) is 14.3 Å². The molecule has 0 radical (unpaired) electrons. The maximum atomic E-state index is 10.1. The van der Waals surface area contributed by atoms with Gasteiger partial charge in [-0.1, -0.05) is 18.2 Å². The molecule has 0 bridgehead atoms. The Hall–Kier alpha value is -1.59. The lowest BCUT2D eigenvalue weighted by atomic mass is 10.3. The molecule has 1 aromatic rings. The molecule has 0 aliphatic carbocycles. The van der Waals surface area contributed by atoms with E-state index in [1.807, 2.05) is 30.3 Å². The second-order valence-electron chi connectivity index (χ2n) is 3.34. The van der Waals surface area contributed by atoms with E-state index in [-0.39, 0.29) is 6.54 Å². The molecule has 1 heterocycles. The Morgan fingerprint density at radius 3 is 2.06 bits per heavy atom. The molecule has 0 unspecified atom stereocenters. The largest absolute Gasteiger partial charge is 0.480 e. The number of para-hydroxylation sites is 1. The van der Waals surface area contributed by atoms with Crippen molar-refractivity contribution in [2.45, 2.75) is 0 Å². The van der Waals surface area contributed by atoms with Gasteiger partial charge < -0.3 is 19.9 Å². The number of nitrogens with one attached hydrogen (secondary N) is 1. The van der Waals surface area contributed by atoms with Crippen molar-refractivity contribution in [3.05, 3.63) is 30.3 Å². The molecule has 0 saturated carbocycles. The second kappa shape index (κ2) is 8.55. The molecule has 17 heavy (non-hydrogen) atoms. The number of benzene rings is 1. The van der Waals surface area contributed by atoms with Crippen molar-refractivity contribution in [1.29, 1.82) is 0 Å². The summed E-state index contributed by atoms with van der Waals surface area (Å²) in [6, 6.07) is 9.23. The van der Waals surface area contributed by atoms with Crippen LogP contribution in [0.2, 0.25) is 0 Å². The molecule has 5 heteroatoms. The maximum absolute atomic E-state index is 10.1. The normalized spacial score (nSPS) is 14.4. The minimum atomic E-state index is -0.853. The van der Waals surface area contributed by atoms with E-state index in [0.717, 1.165) is 32.1 Å². The number of carbonyl (C=O) groups is 1. The summed E-state index contributed by atoms with van der Waals surface area (Å²) in [6.07, 6.45) is 0. The zero-order valence-corrected chi connectivity index (χ0v) is 9.59. The SMILES string of the molecule is C1COCCO1.O=C(O)CNc1ccccc1. The van der Waals surface area contributed by atoms with E-state index in [4.69, 9.17) is 14.6 Å². The van der Waals surface area contributed by atoms with Crippen LogP contribution in [0.25, 0.3) is 0 Å². The summed E-state index contributed by atoms with van der Waals surface area (Å²) in [5.74, 6) is -0.853. The summed E-state index contributed by atoms with van der Waals surface area (Å²) >= 11 is 0. The summed E-state index contributed by atoms with van der Waals surface area (Å²) in [5.41, 5.74) is 0.829. The van der Waals surface area contributed by atoms with E-state index in [0.29, 0.717) is 0 Å². The van der Waals surface area contributed by atoms with Crippen molar-refractivity contribution in [3.63, 3.8) is 0 Å². The van der Waals surface area contributed by atoms with Crippen molar-refractivity contribution < 1.29 is 19.4 Å². The van der Waals surface area contributed by atoms with Crippen molar-refractivity contribution in [2.75, 3.05) is 38.3 Å². The van der Waals surface area contributed by atoms with Gasteiger partial charge in [0.15, 0.2) is 0 Å². The van der Waals surface area contributed by atoms with E-state index >= 15 is 0 Å². The molecular formula is C12H17NO4. The number of ether oxygens (including phenoxy) is 2. The van der Waals surface area contributed by atoms with E-state index in [2.05, 4.69) is 5.32 Å². The minimum Gasteiger partial charge on any atom is -0.480 e. The lowest BCUT2D eigenvalue weighted by Gasteiger charge is -2.09. The predicted octanol–water partition coefficient (Wildman–Crippen LogP) is 1.22. The van der Waals surface area contributed by atoms with Gasteiger partial charge in [-0.15, -0.1) is 0 Å². The highest BCUT2D eigenvalue weighted by molar-refractivity contribution is 5.72. The van der Waals surface area contributed by atoms with Gasteiger partial charge in [0.2, 0.25) is 0 Å². The van der Waals surface area contributed by atoms with Crippen molar-refractivity contribution >= 4 is 11.7 Å². The number of carboxylic acid groups (broad SMARTS) is 1. The summed E-state index contributed by atoms with van der Waals surface area (Å²) in [6.45, 7) is 3.07. The first-order valence-electron chi connectivity index (χ1n) is 5.45. The fourth-order valence-electron chi connectivity index (χ4n) is 1.17. The summed E-state index contributed by atoms with van der Waals surface area (Å²) in [5, 5.41) is 11.1. The smallest absolute Gasteiger partial charge is 0.322 e. The molecule has 2 N–H and O–H groups in total. The first-order chi connectivity index (χ1) is 8.29. The third-order valence-electron chi connectivity index (χ3n) is 1.96.